The third-order valence-electron chi connectivity index (χ3n) is 3.22. The standard InChI is InChI=1S/C15H15N3O3/c16-18-12-4-2-1-3-11(12)15(19)17-8-10-5-6-13-14(7-10)21-9-20-13/h1-7,18H,8-9,16H2,(H,17,19). The summed E-state index contributed by atoms with van der Waals surface area (Å²) in [5, 5.41) is 2.85. The number of benzene rings is 2. The number of hydrogen-bond donors (Lipinski definition) is 3. The molecule has 6 heteroatoms. The van der Waals surface area contributed by atoms with Gasteiger partial charge in [-0.1, -0.05) is 18.2 Å². The monoisotopic (exact) mass is 285 g/mol. The number of para-hydroxylation sites is 1. The highest BCUT2D eigenvalue weighted by atomic mass is 16.7. The molecule has 0 spiro atoms. The number of nitrogens with two attached hydrogens (primary N) is 1. The number of hydrazine groups is 1. The molecule has 1 amide bonds. The summed E-state index contributed by atoms with van der Waals surface area (Å²) in [6.45, 7) is 0.634. The van der Waals surface area contributed by atoms with E-state index in [9.17, 15) is 4.79 Å². The minimum Gasteiger partial charge on any atom is -0.454 e. The van der Waals surface area contributed by atoms with Crippen LogP contribution in [0.1, 0.15) is 15.9 Å². The normalized spacial score (nSPS) is 12.0. The number of rotatable bonds is 4. The maximum absolute atomic E-state index is 12.2. The second-order valence-electron chi connectivity index (χ2n) is 4.56. The number of nitrogen functional groups attached to an aromatic ring is 1. The second-order valence-corrected chi connectivity index (χ2v) is 4.56. The molecule has 1 aliphatic heterocycles. The first-order valence-corrected chi connectivity index (χ1v) is 6.50. The minimum absolute atomic E-state index is 0.193. The topological polar surface area (TPSA) is 85.6 Å². The molecule has 21 heavy (non-hydrogen) atoms. The van der Waals surface area contributed by atoms with E-state index >= 15 is 0 Å². The highest BCUT2D eigenvalue weighted by Crippen LogP contribution is 2.32. The molecular weight excluding hydrogens is 270 g/mol. The van der Waals surface area contributed by atoms with Gasteiger partial charge in [-0.15, -0.1) is 0 Å². The third kappa shape index (κ3) is 2.75. The molecule has 0 fully saturated rings. The van der Waals surface area contributed by atoms with Crippen molar-refractivity contribution >= 4 is 11.6 Å². The molecule has 4 N–H and O–H groups in total. The molecule has 108 valence electrons. The molecule has 0 radical (unpaired) electrons. The molecule has 6 nitrogen and oxygen atoms in total. The average Bonchev–Trinajstić information content (AvgIpc) is 3.00. The van der Waals surface area contributed by atoms with Gasteiger partial charge in [-0.05, 0) is 29.8 Å². The minimum atomic E-state index is -0.193. The highest BCUT2D eigenvalue weighted by Gasteiger charge is 2.14. The quantitative estimate of drug-likeness (QED) is 0.587. The summed E-state index contributed by atoms with van der Waals surface area (Å²) in [5.74, 6) is 6.63. The smallest absolute Gasteiger partial charge is 0.253 e. The number of carbonyl (C=O) groups is 1. The zero-order chi connectivity index (χ0) is 14.7. The lowest BCUT2D eigenvalue weighted by Gasteiger charge is -2.09. The van der Waals surface area contributed by atoms with Gasteiger partial charge in [0.1, 0.15) is 0 Å². The van der Waals surface area contributed by atoms with Crippen LogP contribution in [0.4, 0.5) is 5.69 Å². The van der Waals surface area contributed by atoms with Crippen molar-refractivity contribution in [1.82, 2.24) is 5.32 Å². The third-order valence-corrected chi connectivity index (χ3v) is 3.22. The largest absolute Gasteiger partial charge is 0.454 e. The van der Waals surface area contributed by atoms with Crippen LogP contribution in [0.2, 0.25) is 0 Å². The van der Waals surface area contributed by atoms with Crippen LogP contribution < -0.4 is 26.1 Å². The van der Waals surface area contributed by atoms with Gasteiger partial charge in [0.15, 0.2) is 11.5 Å². The number of ether oxygens (including phenoxy) is 2. The fourth-order valence-corrected chi connectivity index (χ4v) is 2.14. The van der Waals surface area contributed by atoms with Gasteiger partial charge in [-0.3, -0.25) is 10.6 Å². The Hall–Kier alpha value is -2.73. The Morgan fingerprint density at radius 1 is 1.14 bits per heavy atom. The molecule has 0 aromatic heterocycles. The molecule has 0 unspecified atom stereocenters. The fourth-order valence-electron chi connectivity index (χ4n) is 2.14. The predicted molar refractivity (Wildman–Crippen MR) is 78.0 cm³/mol. The van der Waals surface area contributed by atoms with Gasteiger partial charge in [0.2, 0.25) is 6.79 Å². The number of amides is 1. The summed E-state index contributed by atoms with van der Waals surface area (Å²) < 4.78 is 10.6. The van der Waals surface area contributed by atoms with Crippen molar-refractivity contribution in [2.75, 3.05) is 12.2 Å². The van der Waals surface area contributed by atoms with Crippen molar-refractivity contribution < 1.29 is 14.3 Å². The van der Waals surface area contributed by atoms with E-state index in [1.807, 2.05) is 24.3 Å². The second kappa shape index (κ2) is 5.72. The van der Waals surface area contributed by atoms with Gasteiger partial charge in [0, 0.05) is 6.54 Å². The van der Waals surface area contributed by atoms with Crippen molar-refractivity contribution in [2.45, 2.75) is 6.54 Å². The molecule has 0 saturated heterocycles. The van der Waals surface area contributed by atoms with Crippen molar-refractivity contribution in [3.05, 3.63) is 53.6 Å². The maximum Gasteiger partial charge on any atom is 0.253 e. The molecule has 1 aliphatic rings. The summed E-state index contributed by atoms with van der Waals surface area (Å²) in [4.78, 5) is 12.2. The highest BCUT2D eigenvalue weighted by molar-refractivity contribution is 5.99. The molecule has 2 aromatic carbocycles. The number of fused-ring (bicyclic) bond motifs is 1. The van der Waals surface area contributed by atoms with Crippen LogP contribution in [0.15, 0.2) is 42.5 Å². The van der Waals surface area contributed by atoms with Crippen LogP contribution in [0.3, 0.4) is 0 Å². The lowest BCUT2D eigenvalue weighted by atomic mass is 10.1. The van der Waals surface area contributed by atoms with Crippen LogP contribution >= 0.6 is 0 Å². The molecule has 0 aliphatic carbocycles. The zero-order valence-corrected chi connectivity index (χ0v) is 11.3. The lowest BCUT2D eigenvalue weighted by molar-refractivity contribution is 0.0951. The summed E-state index contributed by atoms with van der Waals surface area (Å²) in [6.07, 6.45) is 0. The Morgan fingerprint density at radius 3 is 2.81 bits per heavy atom. The molecular formula is C15H15N3O3. The van der Waals surface area contributed by atoms with Gasteiger partial charge in [0.05, 0.1) is 11.3 Å². The Kier molecular flexibility index (Phi) is 3.61. The van der Waals surface area contributed by atoms with Gasteiger partial charge in [0.25, 0.3) is 5.91 Å². The van der Waals surface area contributed by atoms with E-state index in [0.29, 0.717) is 23.5 Å². The SMILES string of the molecule is NNc1ccccc1C(=O)NCc1ccc2c(c1)OCO2. The molecule has 2 aromatic rings. The van der Waals surface area contributed by atoms with E-state index in [1.54, 1.807) is 18.2 Å². The predicted octanol–water partition coefficient (Wildman–Crippen LogP) is 1.63. The van der Waals surface area contributed by atoms with Crippen molar-refractivity contribution in [2.24, 2.45) is 5.84 Å². The van der Waals surface area contributed by atoms with Gasteiger partial charge >= 0.3 is 0 Å². The Labute approximate surface area is 121 Å². The number of hydrogen-bond acceptors (Lipinski definition) is 5. The molecule has 0 atom stereocenters. The molecule has 3 rings (SSSR count). The van der Waals surface area contributed by atoms with Crippen molar-refractivity contribution in [1.29, 1.82) is 0 Å². The van der Waals surface area contributed by atoms with E-state index in [0.717, 1.165) is 11.3 Å². The van der Waals surface area contributed by atoms with Crippen LogP contribution in [0.25, 0.3) is 0 Å². The van der Waals surface area contributed by atoms with Gasteiger partial charge in [-0.2, -0.15) is 0 Å². The number of anilines is 1. The lowest BCUT2D eigenvalue weighted by Crippen LogP contribution is -2.24. The van der Waals surface area contributed by atoms with Crippen LogP contribution in [0, 0.1) is 0 Å². The van der Waals surface area contributed by atoms with E-state index < -0.39 is 0 Å². The summed E-state index contributed by atoms with van der Waals surface area (Å²) in [6, 6.07) is 12.6. The first kappa shape index (κ1) is 13.3. The van der Waals surface area contributed by atoms with Crippen molar-refractivity contribution in [3.8, 4) is 11.5 Å². The molecule has 0 saturated carbocycles. The summed E-state index contributed by atoms with van der Waals surface area (Å²) in [7, 11) is 0. The van der Waals surface area contributed by atoms with Crippen LogP contribution in [0.5, 0.6) is 11.5 Å². The first-order chi connectivity index (χ1) is 10.3. The molecule has 1 heterocycles. The summed E-state index contributed by atoms with van der Waals surface area (Å²) in [5.41, 5.74) is 4.53. The van der Waals surface area contributed by atoms with E-state index in [-0.39, 0.29) is 12.7 Å². The number of carbonyl (C=O) groups excluding carboxylic acids is 1. The Morgan fingerprint density at radius 2 is 1.95 bits per heavy atom. The van der Waals surface area contributed by atoms with E-state index in [4.69, 9.17) is 15.3 Å². The fraction of sp³-hybridized carbons (Fsp3) is 0.133. The van der Waals surface area contributed by atoms with Crippen molar-refractivity contribution in [3.63, 3.8) is 0 Å². The number of nitrogens with one attached hydrogen (secondary N) is 2. The Balaban J connectivity index is 1.68. The van der Waals surface area contributed by atoms with E-state index in [1.165, 1.54) is 0 Å². The molecule has 0 bridgehead atoms. The average molecular weight is 285 g/mol. The Bertz CT molecular complexity index is 673. The van der Waals surface area contributed by atoms with Crippen LogP contribution in [-0.2, 0) is 6.54 Å². The van der Waals surface area contributed by atoms with Crippen LogP contribution in [-0.4, -0.2) is 12.7 Å². The van der Waals surface area contributed by atoms with Gasteiger partial charge in [-0.25, -0.2) is 0 Å². The summed E-state index contributed by atoms with van der Waals surface area (Å²) >= 11 is 0. The van der Waals surface area contributed by atoms with Gasteiger partial charge < -0.3 is 20.2 Å². The zero-order valence-electron chi connectivity index (χ0n) is 11.3. The van der Waals surface area contributed by atoms with E-state index in [2.05, 4.69) is 10.7 Å². The first-order valence-electron chi connectivity index (χ1n) is 6.50. The maximum atomic E-state index is 12.2.